The minimum atomic E-state index is -0.950. The number of alkyl halides is 1. The number of ether oxygens (including phenoxy) is 2. The molecule has 1 aliphatic carbocycles. The summed E-state index contributed by atoms with van der Waals surface area (Å²) in [4.78, 5) is 132. The molecule has 8 amide bonds. The summed E-state index contributed by atoms with van der Waals surface area (Å²) in [5, 5.41) is 49.2. The van der Waals surface area contributed by atoms with Gasteiger partial charge in [0.15, 0.2) is 22.6 Å². The minimum absolute atomic E-state index is 0.0114. The van der Waals surface area contributed by atoms with E-state index in [0.717, 1.165) is 47.9 Å². The molecule has 4 aromatic carbocycles. The molecular weight excluding hydrogens is 1690 g/mol. The predicted octanol–water partition coefficient (Wildman–Crippen LogP) is 7.16. The van der Waals surface area contributed by atoms with Crippen LogP contribution < -0.4 is 63.4 Å². The summed E-state index contributed by atoms with van der Waals surface area (Å²) in [6, 6.07) is 26.2. The fourth-order valence-electron chi connectivity index (χ4n) is 14.7. The number of benzene rings is 4. The number of fused-ring (bicyclic) bond motifs is 4. The van der Waals surface area contributed by atoms with Crippen molar-refractivity contribution in [3.8, 4) is 0 Å². The summed E-state index contributed by atoms with van der Waals surface area (Å²) < 4.78 is 84.2. The number of anilines is 8. The summed E-state index contributed by atoms with van der Waals surface area (Å²) >= 11 is 0. The van der Waals surface area contributed by atoms with E-state index >= 15 is 0 Å². The van der Waals surface area contributed by atoms with E-state index in [-0.39, 0.29) is 85.2 Å². The van der Waals surface area contributed by atoms with Crippen LogP contribution in [0.4, 0.5) is 69.5 Å². The molecule has 1 atom stereocenters. The highest BCUT2D eigenvalue weighted by atomic mass is 19.1. The summed E-state index contributed by atoms with van der Waals surface area (Å²) in [6.07, 6.45) is 18.4. The summed E-state index contributed by atoms with van der Waals surface area (Å²) in [7, 11) is 1.60. The lowest BCUT2D eigenvalue weighted by molar-refractivity contribution is -0.125. The molecule has 1 unspecified atom stereocenters. The molecule has 7 fully saturated rings. The van der Waals surface area contributed by atoms with Crippen molar-refractivity contribution in [3.05, 3.63) is 212 Å². The van der Waals surface area contributed by atoms with Crippen LogP contribution in [-0.4, -0.2) is 217 Å². The SMILES string of the molecule is COCCNc1nc(NCCc2cccc(F)c2)n2ncc(/C=C3\CC(=O)NC3=O)c2n1.O=C1C/C(=C\c2cnn3c(NCCc4cccc(F)c4)nc(N4CCC(F)C4)nc23)C(=O)N1.O=C1C/C(=C\c2cnn3c(NCCc4cccc(F)c4)nc(NC4CC4)nc23)C(=O)N1.O=C1C/C(=C\c2cnn3c(NCCc4cccc(F)c4)nc(NC4CCOCC4)nc23)C(=O)N1. The lowest BCUT2D eigenvalue weighted by Gasteiger charge is -2.23. The van der Waals surface area contributed by atoms with Gasteiger partial charge in [-0.05, 0) is 153 Å². The molecule has 0 spiro atoms. The number of methoxy groups -OCH3 is 1. The second kappa shape index (κ2) is 40.5. The normalized spacial score (nSPS) is 17.5. The summed E-state index contributed by atoms with van der Waals surface area (Å²) in [5.41, 5.74) is 9.06. The van der Waals surface area contributed by atoms with Gasteiger partial charge in [0, 0.05) is 116 Å². The molecule has 12 aromatic rings. The molecule has 43 heteroatoms. The van der Waals surface area contributed by atoms with Crippen LogP contribution in [0, 0.1) is 23.3 Å². The van der Waals surface area contributed by atoms with Crippen LogP contribution in [0.3, 0.4) is 0 Å². The molecule has 38 nitrogen and oxygen atoms in total. The monoisotopic (exact) mass is 1780 g/mol. The molecule has 1 saturated carbocycles. The number of hydrogen-bond acceptors (Lipinski definition) is 30. The summed E-state index contributed by atoms with van der Waals surface area (Å²) in [6.45, 7) is 4.95. The Hall–Kier alpha value is -15.4. The Bertz CT molecular complexity index is 6480. The Kier molecular flexibility index (Phi) is 27.4. The van der Waals surface area contributed by atoms with Gasteiger partial charge in [-0.2, -0.15) is 78.3 Å². The number of amides is 8. The van der Waals surface area contributed by atoms with Gasteiger partial charge in [0.1, 0.15) is 29.4 Å². The Morgan fingerprint density at radius 1 is 0.408 bits per heavy atom. The van der Waals surface area contributed by atoms with E-state index in [0.29, 0.717) is 212 Å². The van der Waals surface area contributed by atoms with Gasteiger partial charge in [-0.1, -0.05) is 48.5 Å². The number of nitrogens with zero attached hydrogens (tertiary/aromatic N) is 17. The Morgan fingerprint density at radius 2 is 0.738 bits per heavy atom. The highest BCUT2D eigenvalue weighted by molar-refractivity contribution is 6.18. The second-order valence-corrected chi connectivity index (χ2v) is 31.1. The van der Waals surface area contributed by atoms with Crippen molar-refractivity contribution in [2.75, 3.05) is 115 Å². The number of carbonyl (C=O) groups excluding carboxylic acids is 8. The van der Waals surface area contributed by atoms with Gasteiger partial charge in [0.2, 0.25) is 71.2 Å². The topological polar surface area (TPSA) is 463 Å². The van der Waals surface area contributed by atoms with E-state index in [1.54, 1.807) is 88.2 Å². The first-order chi connectivity index (χ1) is 63.1. The van der Waals surface area contributed by atoms with Crippen LogP contribution in [0.15, 0.2) is 144 Å². The highest BCUT2D eigenvalue weighted by Crippen LogP contribution is 2.30. The van der Waals surface area contributed by atoms with Crippen molar-refractivity contribution in [3.63, 3.8) is 0 Å². The van der Waals surface area contributed by atoms with Crippen LogP contribution in [0.1, 0.15) is 102 Å². The number of carbonyl (C=O) groups is 8. The van der Waals surface area contributed by atoms with Gasteiger partial charge < -0.3 is 51.6 Å². The van der Waals surface area contributed by atoms with Crippen LogP contribution in [-0.2, 0) is 73.5 Å². The number of rotatable bonds is 29. The first-order valence-electron chi connectivity index (χ1n) is 42.0. The van der Waals surface area contributed by atoms with Gasteiger partial charge in [-0.25, -0.2) is 22.0 Å². The van der Waals surface area contributed by atoms with E-state index in [1.165, 1.54) is 63.8 Å². The molecule has 6 aliphatic heterocycles. The van der Waals surface area contributed by atoms with Crippen molar-refractivity contribution in [1.82, 2.24) is 99.6 Å². The Labute approximate surface area is 736 Å². The third-order valence-electron chi connectivity index (χ3n) is 21.3. The predicted molar refractivity (Wildman–Crippen MR) is 467 cm³/mol. The van der Waals surface area contributed by atoms with Crippen molar-refractivity contribution in [2.24, 2.45) is 0 Å². The molecule has 6 saturated heterocycles. The van der Waals surface area contributed by atoms with Crippen LogP contribution >= 0.6 is 0 Å². The second-order valence-electron chi connectivity index (χ2n) is 31.1. The molecule has 19 rings (SSSR count). The quantitative estimate of drug-likeness (QED) is 0.00958. The largest absolute Gasteiger partial charge is 0.383 e. The van der Waals surface area contributed by atoms with Crippen molar-refractivity contribution < 1.29 is 69.8 Å². The first-order valence-corrected chi connectivity index (χ1v) is 42.0. The smallest absolute Gasteiger partial charge is 0.254 e. The Balaban J connectivity index is 0.000000127. The third kappa shape index (κ3) is 22.5. The molecule has 0 bridgehead atoms. The van der Waals surface area contributed by atoms with Gasteiger partial charge in [-0.3, -0.25) is 59.6 Å². The molecule has 8 aromatic heterocycles. The van der Waals surface area contributed by atoms with Crippen LogP contribution in [0.2, 0.25) is 0 Å². The van der Waals surface area contributed by atoms with E-state index in [1.807, 2.05) is 24.3 Å². The molecule has 7 aliphatic rings. The zero-order valence-corrected chi connectivity index (χ0v) is 69.9. The number of nitrogens with one attached hydrogen (secondary N) is 11. The zero-order chi connectivity index (χ0) is 90.3. The maximum absolute atomic E-state index is 13.8. The molecule has 130 heavy (non-hydrogen) atoms. The molecule has 14 heterocycles. The standard InChI is InChI=1S/C23H24FN7O3.C22H21F2N7O2.C21H22FN7O3.C21H20FN7O2/c24-17-3-1-2-14(10-17)4-7-25-23-30-22(27-18-5-8-34-9-6-18)29-20-16(13-26-31(20)23)11-15-12-19(32)28-21(15)33;23-16-3-1-2-13(8-16)4-6-25-21-29-22(30-7-5-17(24)12-30)28-19-15(11-26-31(19)21)9-14-10-18(32)27-20(14)33;1-32-8-7-23-20-27-18-15(10-14-11-17(30)26-19(14)31)12-25-29(18)21(28-20)24-6-5-13-3-2-4-16(22)9-13;22-15-3-1-2-12(8-15)6-7-23-21-28-20(25-16-4-5-16)27-18-14(11-24-29(18)21)9-13-10-17(30)26-19(13)31/h1-3,10-11,13,18H,4-9,12H2,(H,28,32,33)(H2,25,27,29,30);1-3,8-9,11,17H,4-7,10,12H2,(H,25,28,29)(H,27,32,33);2-4,9-10,12H,5-8,11H2,1H3,(H,26,30,31)(H2,23,24,27,28);1-3,8-9,11,16H,4-7,10H2,(H,26,30,31)(H2,23,25,27,28)/b15-11+;14-9+;14-10+;13-9+. The van der Waals surface area contributed by atoms with Crippen molar-refractivity contribution in [2.45, 2.75) is 102 Å². The number of hydrogen-bond donors (Lipinski definition) is 11. The van der Waals surface area contributed by atoms with E-state index in [9.17, 15) is 60.3 Å². The minimum Gasteiger partial charge on any atom is -0.383 e. The fraction of sp³-hybridized carbons (Fsp3) is 0.310. The third-order valence-corrected chi connectivity index (χ3v) is 21.3. The van der Waals surface area contributed by atoms with E-state index in [2.05, 4.69) is 119 Å². The fourth-order valence-corrected chi connectivity index (χ4v) is 14.7. The lowest BCUT2D eigenvalue weighted by Crippen LogP contribution is -2.29. The highest BCUT2D eigenvalue weighted by Gasteiger charge is 2.32. The van der Waals surface area contributed by atoms with Gasteiger partial charge in [-0.15, -0.1) is 0 Å². The van der Waals surface area contributed by atoms with Gasteiger partial charge in [0.25, 0.3) is 23.6 Å². The Morgan fingerprint density at radius 3 is 1.05 bits per heavy atom. The number of aromatic nitrogens is 16. The molecule has 11 N–H and O–H groups in total. The zero-order valence-electron chi connectivity index (χ0n) is 69.9. The molecule has 670 valence electrons. The van der Waals surface area contributed by atoms with Crippen molar-refractivity contribution in [1.29, 1.82) is 0 Å². The maximum Gasteiger partial charge on any atom is 0.254 e. The lowest BCUT2D eigenvalue weighted by atomic mass is 10.1. The van der Waals surface area contributed by atoms with E-state index < -0.39 is 29.8 Å². The number of imide groups is 4. The average Bonchev–Trinajstić information content (AvgIpc) is 1.56. The maximum atomic E-state index is 13.8. The van der Waals surface area contributed by atoms with Crippen LogP contribution in [0.25, 0.3) is 46.9 Å². The average molecular weight is 1780 g/mol. The van der Waals surface area contributed by atoms with E-state index in [4.69, 9.17) is 9.47 Å². The summed E-state index contributed by atoms with van der Waals surface area (Å²) in [5.74, 6) is -0.757. The van der Waals surface area contributed by atoms with Crippen LogP contribution in [0.5, 0.6) is 0 Å². The van der Waals surface area contributed by atoms with Gasteiger partial charge >= 0.3 is 0 Å². The molecule has 0 radical (unpaired) electrons. The first kappa shape index (κ1) is 88.0. The van der Waals surface area contributed by atoms with Crippen molar-refractivity contribution >= 4 is 142 Å². The van der Waals surface area contributed by atoms with Gasteiger partial charge in [0.05, 0.1) is 63.6 Å². The number of halogens is 5. The molecular formula is C87H87F5N28O10.